The van der Waals surface area contributed by atoms with Crippen molar-refractivity contribution < 1.29 is 4.39 Å². The minimum absolute atomic E-state index is 0.149. The van der Waals surface area contributed by atoms with Gasteiger partial charge in [0.15, 0.2) is 0 Å². The molecular formula is C15H16FN. The molecule has 1 N–H and O–H groups in total. The Morgan fingerprint density at radius 1 is 1.00 bits per heavy atom. The Labute approximate surface area is 101 Å². The van der Waals surface area contributed by atoms with Crippen molar-refractivity contribution in [1.29, 1.82) is 0 Å². The Morgan fingerprint density at radius 2 is 1.71 bits per heavy atom. The van der Waals surface area contributed by atoms with E-state index in [1.807, 2.05) is 24.3 Å². The third kappa shape index (κ3) is 3.06. The number of rotatable bonds is 3. The standard InChI is InChI=1S/C15H16FN/c1-11-3-6-14(7-4-11)17-10-13-5-8-15(16)12(2)9-13/h3-9,17H,10H2,1-2H3. The molecule has 0 heterocycles. The number of halogens is 1. The third-order valence-corrected chi connectivity index (χ3v) is 2.77. The van der Waals surface area contributed by atoms with E-state index in [0.717, 1.165) is 11.3 Å². The molecule has 0 aliphatic carbocycles. The van der Waals surface area contributed by atoms with E-state index in [1.54, 1.807) is 6.92 Å². The van der Waals surface area contributed by atoms with Crippen molar-refractivity contribution in [3.05, 3.63) is 65.0 Å². The minimum atomic E-state index is -0.149. The van der Waals surface area contributed by atoms with E-state index in [-0.39, 0.29) is 5.82 Å². The molecule has 0 aliphatic rings. The van der Waals surface area contributed by atoms with Gasteiger partial charge >= 0.3 is 0 Å². The summed E-state index contributed by atoms with van der Waals surface area (Å²) in [4.78, 5) is 0. The van der Waals surface area contributed by atoms with Crippen LogP contribution in [0.4, 0.5) is 10.1 Å². The molecule has 2 aromatic rings. The largest absolute Gasteiger partial charge is 0.381 e. The predicted octanol–water partition coefficient (Wildman–Crippen LogP) is 4.05. The first kappa shape index (κ1) is 11.6. The summed E-state index contributed by atoms with van der Waals surface area (Å²) in [7, 11) is 0. The zero-order valence-electron chi connectivity index (χ0n) is 10.1. The third-order valence-electron chi connectivity index (χ3n) is 2.77. The maximum absolute atomic E-state index is 13.1. The van der Waals surface area contributed by atoms with E-state index >= 15 is 0 Å². The molecule has 17 heavy (non-hydrogen) atoms. The summed E-state index contributed by atoms with van der Waals surface area (Å²) in [6.45, 7) is 4.56. The van der Waals surface area contributed by atoms with Crippen molar-refractivity contribution in [2.75, 3.05) is 5.32 Å². The summed E-state index contributed by atoms with van der Waals surface area (Å²) < 4.78 is 13.1. The van der Waals surface area contributed by atoms with Crippen LogP contribution in [0.25, 0.3) is 0 Å². The van der Waals surface area contributed by atoms with Crippen LogP contribution in [0.2, 0.25) is 0 Å². The van der Waals surface area contributed by atoms with Crippen molar-refractivity contribution in [1.82, 2.24) is 0 Å². The number of benzene rings is 2. The van der Waals surface area contributed by atoms with Crippen molar-refractivity contribution >= 4 is 5.69 Å². The maximum Gasteiger partial charge on any atom is 0.126 e. The summed E-state index contributed by atoms with van der Waals surface area (Å²) in [5.41, 5.74) is 4.10. The van der Waals surface area contributed by atoms with E-state index in [2.05, 4.69) is 24.4 Å². The van der Waals surface area contributed by atoms with Gasteiger partial charge in [-0.1, -0.05) is 29.8 Å². The van der Waals surface area contributed by atoms with Gasteiger partial charge in [-0.25, -0.2) is 4.39 Å². The summed E-state index contributed by atoms with van der Waals surface area (Å²) >= 11 is 0. The summed E-state index contributed by atoms with van der Waals surface area (Å²) in [6.07, 6.45) is 0. The number of anilines is 1. The topological polar surface area (TPSA) is 12.0 Å². The van der Waals surface area contributed by atoms with Crippen LogP contribution < -0.4 is 5.32 Å². The maximum atomic E-state index is 13.1. The molecule has 0 aromatic heterocycles. The van der Waals surface area contributed by atoms with E-state index in [9.17, 15) is 4.39 Å². The highest BCUT2D eigenvalue weighted by atomic mass is 19.1. The van der Waals surface area contributed by atoms with Gasteiger partial charge in [0.2, 0.25) is 0 Å². The van der Waals surface area contributed by atoms with E-state index < -0.39 is 0 Å². The van der Waals surface area contributed by atoms with Crippen LogP contribution in [-0.2, 0) is 6.54 Å². The highest BCUT2D eigenvalue weighted by Crippen LogP contribution is 2.13. The van der Waals surface area contributed by atoms with Gasteiger partial charge in [-0.05, 0) is 43.2 Å². The van der Waals surface area contributed by atoms with Crippen LogP contribution in [-0.4, -0.2) is 0 Å². The second-order valence-electron chi connectivity index (χ2n) is 4.30. The van der Waals surface area contributed by atoms with E-state index in [0.29, 0.717) is 12.1 Å². The zero-order chi connectivity index (χ0) is 12.3. The molecule has 0 saturated carbocycles. The molecule has 0 amide bonds. The molecule has 88 valence electrons. The van der Waals surface area contributed by atoms with Crippen molar-refractivity contribution in [3.8, 4) is 0 Å². The molecule has 0 unspecified atom stereocenters. The normalized spacial score (nSPS) is 10.3. The van der Waals surface area contributed by atoms with Crippen LogP contribution >= 0.6 is 0 Å². The Morgan fingerprint density at radius 3 is 2.35 bits per heavy atom. The van der Waals surface area contributed by atoms with E-state index in [4.69, 9.17) is 0 Å². The van der Waals surface area contributed by atoms with Gasteiger partial charge in [0.05, 0.1) is 0 Å². The van der Waals surface area contributed by atoms with Gasteiger partial charge in [0.1, 0.15) is 5.82 Å². The fourth-order valence-electron chi connectivity index (χ4n) is 1.69. The first-order valence-electron chi connectivity index (χ1n) is 5.71. The molecule has 0 aliphatic heterocycles. The van der Waals surface area contributed by atoms with Crippen molar-refractivity contribution in [2.24, 2.45) is 0 Å². The number of aryl methyl sites for hydroxylation is 2. The highest BCUT2D eigenvalue weighted by molar-refractivity contribution is 5.45. The lowest BCUT2D eigenvalue weighted by Gasteiger charge is -2.07. The molecule has 2 heteroatoms. The first-order chi connectivity index (χ1) is 8.15. The van der Waals surface area contributed by atoms with Crippen LogP contribution in [0.5, 0.6) is 0 Å². The number of hydrogen-bond acceptors (Lipinski definition) is 1. The average Bonchev–Trinajstić information content (AvgIpc) is 2.33. The van der Waals surface area contributed by atoms with Crippen LogP contribution in [0.1, 0.15) is 16.7 Å². The summed E-state index contributed by atoms with van der Waals surface area (Å²) in [5, 5.41) is 3.31. The second kappa shape index (κ2) is 5.00. The summed E-state index contributed by atoms with van der Waals surface area (Å²) in [5.74, 6) is -0.149. The minimum Gasteiger partial charge on any atom is -0.381 e. The molecule has 0 fully saturated rings. The zero-order valence-corrected chi connectivity index (χ0v) is 10.1. The molecule has 2 aromatic carbocycles. The molecule has 0 bridgehead atoms. The molecule has 0 atom stereocenters. The second-order valence-corrected chi connectivity index (χ2v) is 4.30. The highest BCUT2D eigenvalue weighted by Gasteiger charge is 1.99. The van der Waals surface area contributed by atoms with Gasteiger partial charge < -0.3 is 5.32 Å². The molecular weight excluding hydrogens is 213 g/mol. The van der Waals surface area contributed by atoms with E-state index in [1.165, 1.54) is 11.6 Å². The SMILES string of the molecule is Cc1ccc(NCc2ccc(F)c(C)c2)cc1. The predicted molar refractivity (Wildman–Crippen MR) is 69.6 cm³/mol. The fourth-order valence-corrected chi connectivity index (χ4v) is 1.69. The van der Waals surface area contributed by atoms with Crippen molar-refractivity contribution in [2.45, 2.75) is 20.4 Å². The lowest BCUT2D eigenvalue weighted by Crippen LogP contribution is -2.00. The van der Waals surface area contributed by atoms with Crippen molar-refractivity contribution in [3.63, 3.8) is 0 Å². The monoisotopic (exact) mass is 229 g/mol. The smallest absolute Gasteiger partial charge is 0.126 e. The van der Waals surface area contributed by atoms with Crippen LogP contribution in [0, 0.1) is 19.7 Å². The van der Waals surface area contributed by atoms with Crippen LogP contribution in [0.15, 0.2) is 42.5 Å². The van der Waals surface area contributed by atoms with Gasteiger partial charge in [0.25, 0.3) is 0 Å². The Kier molecular flexibility index (Phi) is 3.43. The van der Waals surface area contributed by atoms with Gasteiger partial charge in [-0.3, -0.25) is 0 Å². The average molecular weight is 229 g/mol. The molecule has 0 spiro atoms. The molecule has 2 rings (SSSR count). The first-order valence-corrected chi connectivity index (χ1v) is 5.71. The Balaban J connectivity index is 2.02. The number of hydrogen-bond donors (Lipinski definition) is 1. The molecule has 1 nitrogen and oxygen atoms in total. The fraction of sp³-hybridized carbons (Fsp3) is 0.200. The van der Waals surface area contributed by atoms with Gasteiger partial charge in [-0.2, -0.15) is 0 Å². The van der Waals surface area contributed by atoms with Crippen LogP contribution in [0.3, 0.4) is 0 Å². The molecule has 0 saturated heterocycles. The Bertz CT molecular complexity index is 503. The lowest BCUT2D eigenvalue weighted by molar-refractivity contribution is 0.617. The quantitative estimate of drug-likeness (QED) is 0.837. The summed E-state index contributed by atoms with van der Waals surface area (Å²) in [6, 6.07) is 13.4. The Hall–Kier alpha value is -1.83. The lowest BCUT2D eigenvalue weighted by atomic mass is 10.1. The van der Waals surface area contributed by atoms with Gasteiger partial charge in [0, 0.05) is 12.2 Å². The van der Waals surface area contributed by atoms with Gasteiger partial charge in [-0.15, -0.1) is 0 Å². The number of nitrogens with one attached hydrogen (secondary N) is 1. The molecule has 0 radical (unpaired) electrons.